The smallest absolute Gasteiger partial charge is 0.410 e. The minimum Gasteiger partial charge on any atom is -0.491 e. The van der Waals surface area contributed by atoms with Gasteiger partial charge in [-0.25, -0.2) is 13.9 Å². The van der Waals surface area contributed by atoms with Crippen LogP contribution in [0.25, 0.3) is 11.3 Å². The molecule has 0 spiro atoms. The fourth-order valence-electron chi connectivity index (χ4n) is 6.22. The number of halogens is 3. The Kier molecular flexibility index (Phi) is 8.76. The molecule has 2 amide bonds. The van der Waals surface area contributed by atoms with Gasteiger partial charge in [0.2, 0.25) is 5.82 Å². The summed E-state index contributed by atoms with van der Waals surface area (Å²) in [6, 6.07) is 10.7. The van der Waals surface area contributed by atoms with Gasteiger partial charge in [0.15, 0.2) is 17.1 Å². The maximum absolute atomic E-state index is 15.1. The molecule has 236 valence electrons. The van der Waals surface area contributed by atoms with E-state index in [1.54, 1.807) is 27.7 Å². The molecule has 9 nitrogen and oxygen atoms in total. The van der Waals surface area contributed by atoms with E-state index in [0.717, 1.165) is 22.9 Å². The topological polar surface area (TPSA) is 89.8 Å². The van der Waals surface area contributed by atoms with Gasteiger partial charge < -0.3 is 19.3 Å². The fourth-order valence-corrected chi connectivity index (χ4v) is 6.67. The number of ether oxygens (including phenoxy) is 2. The third kappa shape index (κ3) is 6.18. The minimum absolute atomic E-state index is 0.00681. The molecule has 1 aromatic heterocycles. The van der Waals surface area contributed by atoms with Crippen LogP contribution < -0.4 is 4.74 Å². The van der Waals surface area contributed by atoms with Crippen molar-refractivity contribution < 1.29 is 27.8 Å². The van der Waals surface area contributed by atoms with Crippen molar-refractivity contribution in [2.75, 3.05) is 26.2 Å². The molecule has 12 heteroatoms. The Morgan fingerprint density at radius 3 is 2.57 bits per heavy atom. The number of hydrogen-bond acceptors (Lipinski definition) is 6. The van der Waals surface area contributed by atoms with Gasteiger partial charge in [-0.05, 0) is 83.7 Å². The second kappa shape index (κ2) is 12.1. The molecular weight excluding hydrogens is 636 g/mol. The van der Waals surface area contributed by atoms with E-state index in [1.807, 2.05) is 23.1 Å². The molecule has 0 radical (unpaired) electrons. The van der Waals surface area contributed by atoms with Crippen LogP contribution in [0.3, 0.4) is 0 Å². The molecule has 2 atom stereocenters. The molecule has 0 aliphatic carbocycles. The number of rotatable bonds is 7. The van der Waals surface area contributed by atoms with Gasteiger partial charge in [0.1, 0.15) is 11.3 Å². The van der Waals surface area contributed by atoms with Crippen LogP contribution in [-0.4, -0.2) is 74.2 Å². The second-order valence-corrected chi connectivity index (χ2v) is 13.7. The van der Waals surface area contributed by atoms with Gasteiger partial charge in [-0.3, -0.25) is 4.79 Å². The van der Waals surface area contributed by atoms with E-state index in [9.17, 15) is 14.0 Å². The lowest BCUT2D eigenvalue weighted by atomic mass is 9.87. The highest BCUT2D eigenvalue weighted by Crippen LogP contribution is 2.40. The molecule has 2 fully saturated rings. The number of hydrogen-bond donors (Lipinski definition) is 0. The van der Waals surface area contributed by atoms with E-state index in [-0.39, 0.29) is 49.0 Å². The van der Waals surface area contributed by atoms with E-state index in [0.29, 0.717) is 13.0 Å². The Balaban J connectivity index is 1.52. The largest absolute Gasteiger partial charge is 0.491 e. The summed E-state index contributed by atoms with van der Waals surface area (Å²) in [5.41, 5.74) is -1.50. The zero-order valence-electron chi connectivity index (χ0n) is 25.7. The van der Waals surface area contributed by atoms with Crippen LogP contribution in [0.4, 0.5) is 13.6 Å². The first kappa shape index (κ1) is 31.9. The minimum atomic E-state index is -1.33. The molecule has 2 aliphatic heterocycles. The molecule has 44 heavy (non-hydrogen) atoms. The molecule has 5 rings (SSSR count). The summed E-state index contributed by atoms with van der Waals surface area (Å²) in [4.78, 5) is 31.3. The summed E-state index contributed by atoms with van der Waals surface area (Å²) in [5, 5.41) is 8.45. The van der Waals surface area contributed by atoms with Crippen molar-refractivity contribution in [1.82, 2.24) is 24.8 Å². The normalized spacial score (nSPS) is 22.0. The van der Waals surface area contributed by atoms with Crippen molar-refractivity contribution in [3.05, 3.63) is 64.3 Å². The maximum atomic E-state index is 15.1. The molecule has 2 unspecified atom stereocenters. The van der Waals surface area contributed by atoms with E-state index < -0.39 is 34.4 Å². The Labute approximate surface area is 264 Å². The number of amides is 2. The summed E-state index contributed by atoms with van der Waals surface area (Å²) in [7, 11) is 0. The van der Waals surface area contributed by atoms with Gasteiger partial charge in [-0.15, -0.1) is 5.10 Å². The van der Waals surface area contributed by atoms with E-state index in [2.05, 4.69) is 39.2 Å². The fraction of sp³-hybridized carbons (Fsp3) is 0.500. The number of carbonyl (C=O) groups excluding carboxylic acids is 2. The molecule has 0 bridgehead atoms. The van der Waals surface area contributed by atoms with Crippen LogP contribution in [0.1, 0.15) is 59.4 Å². The van der Waals surface area contributed by atoms with Gasteiger partial charge in [0, 0.05) is 35.1 Å². The zero-order valence-corrected chi connectivity index (χ0v) is 27.3. The second-order valence-electron chi connectivity index (χ2n) is 12.8. The van der Waals surface area contributed by atoms with Crippen molar-refractivity contribution in [3.8, 4) is 17.0 Å². The molecule has 2 saturated heterocycles. The average Bonchev–Trinajstić information content (AvgIpc) is 3.69. The number of nitrogens with zero attached hydrogens (tertiary/aromatic N) is 5. The zero-order chi connectivity index (χ0) is 31.9. The van der Waals surface area contributed by atoms with Crippen molar-refractivity contribution in [3.63, 3.8) is 0 Å². The van der Waals surface area contributed by atoms with Gasteiger partial charge in [0.05, 0.1) is 19.3 Å². The van der Waals surface area contributed by atoms with Crippen LogP contribution in [0.15, 0.2) is 47.1 Å². The van der Waals surface area contributed by atoms with Gasteiger partial charge in [0.25, 0.3) is 5.91 Å². The molecule has 3 heterocycles. The maximum Gasteiger partial charge on any atom is 0.410 e. The van der Waals surface area contributed by atoms with Crippen molar-refractivity contribution in [2.45, 2.75) is 77.0 Å². The molecular formula is C32H38BrF2N5O4. The van der Waals surface area contributed by atoms with Crippen LogP contribution in [0, 0.1) is 11.6 Å². The molecule has 3 aromatic rings. The Bertz CT molecular complexity index is 1560. The summed E-state index contributed by atoms with van der Waals surface area (Å²) < 4.78 is 43.1. The van der Waals surface area contributed by atoms with Gasteiger partial charge >= 0.3 is 6.09 Å². The summed E-state index contributed by atoms with van der Waals surface area (Å²) in [6.07, 6.45) is 3.43. The SMILES string of the molecule is CCOc1ccc(-c2cn(C3(C(=O)N4CCCC4(C)Cc4cccc(Br)c4)CCN(C(=O)OC(C)(C)C)C3)nn2)c(F)c1F. The van der Waals surface area contributed by atoms with E-state index >= 15 is 4.39 Å². The molecule has 2 aliphatic rings. The molecule has 2 aromatic carbocycles. The number of carbonyl (C=O) groups is 2. The Morgan fingerprint density at radius 2 is 1.86 bits per heavy atom. The van der Waals surface area contributed by atoms with Crippen molar-refractivity contribution in [1.29, 1.82) is 0 Å². The van der Waals surface area contributed by atoms with Crippen molar-refractivity contribution >= 4 is 27.9 Å². The van der Waals surface area contributed by atoms with Gasteiger partial charge in [-0.2, -0.15) is 4.39 Å². The first-order chi connectivity index (χ1) is 20.8. The molecule has 0 N–H and O–H groups in total. The van der Waals surface area contributed by atoms with Crippen LogP contribution in [0.2, 0.25) is 0 Å². The van der Waals surface area contributed by atoms with Crippen LogP contribution >= 0.6 is 15.9 Å². The first-order valence-electron chi connectivity index (χ1n) is 14.8. The first-order valence-corrected chi connectivity index (χ1v) is 15.6. The van der Waals surface area contributed by atoms with E-state index in [4.69, 9.17) is 9.47 Å². The van der Waals surface area contributed by atoms with E-state index in [1.165, 1.54) is 27.9 Å². The number of likely N-dealkylation sites (tertiary alicyclic amines) is 2. The monoisotopic (exact) mass is 673 g/mol. The highest BCUT2D eigenvalue weighted by atomic mass is 79.9. The molecule has 0 saturated carbocycles. The van der Waals surface area contributed by atoms with Crippen LogP contribution in [-0.2, 0) is 21.5 Å². The summed E-state index contributed by atoms with van der Waals surface area (Å²) >= 11 is 3.54. The Morgan fingerprint density at radius 1 is 1.09 bits per heavy atom. The third-order valence-electron chi connectivity index (χ3n) is 8.32. The number of benzene rings is 2. The average molecular weight is 675 g/mol. The predicted molar refractivity (Wildman–Crippen MR) is 164 cm³/mol. The van der Waals surface area contributed by atoms with Crippen molar-refractivity contribution in [2.24, 2.45) is 0 Å². The Hall–Kier alpha value is -3.54. The highest BCUT2D eigenvalue weighted by molar-refractivity contribution is 9.10. The van der Waals surface area contributed by atoms with Crippen LogP contribution in [0.5, 0.6) is 5.75 Å². The lowest BCUT2D eigenvalue weighted by Gasteiger charge is -2.41. The van der Waals surface area contributed by atoms with Gasteiger partial charge in [-0.1, -0.05) is 33.3 Å². The lowest BCUT2D eigenvalue weighted by Crippen LogP contribution is -2.58. The summed E-state index contributed by atoms with van der Waals surface area (Å²) in [6.45, 7) is 10.1. The standard InChI is InChI=1S/C32H38BrF2N5O4/c1-6-43-25-12-11-23(26(34)27(25)35)24-19-40(37-36-24)32(14-16-38(20-32)29(42)44-30(2,3)4)28(41)39-15-8-13-31(39,5)18-21-9-7-10-22(33)17-21/h7,9-12,17,19H,6,8,13-16,18,20H2,1-5H3. The predicted octanol–water partition coefficient (Wildman–Crippen LogP) is 6.34. The quantitative estimate of drug-likeness (QED) is 0.291. The summed E-state index contributed by atoms with van der Waals surface area (Å²) in [5.74, 6) is -2.64. The number of aromatic nitrogens is 3. The highest BCUT2D eigenvalue weighted by Gasteiger charge is 2.55. The third-order valence-corrected chi connectivity index (χ3v) is 8.81. The lowest BCUT2D eigenvalue weighted by molar-refractivity contribution is -0.144.